The molecule has 0 saturated heterocycles. The molecular formula is C21H18ClN4O2+. The lowest BCUT2D eigenvalue weighted by atomic mass is 9.81. The Balaban J connectivity index is 1.52. The van der Waals surface area contributed by atoms with Crippen molar-refractivity contribution >= 4 is 40.5 Å². The molecule has 0 amide bonds. The molecule has 2 heterocycles. The molecule has 2 atom stereocenters. The average Bonchev–Trinajstić information content (AvgIpc) is 3.10. The van der Waals surface area contributed by atoms with E-state index in [4.69, 9.17) is 16.0 Å². The smallest absolute Gasteiger partial charge is 0.365 e. The molecule has 2 aromatic carbocycles. The van der Waals surface area contributed by atoms with Gasteiger partial charge < -0.3 is 4.42 Å². The third-order valence-electron chi connectivity index (χ3n) is 5.09. The number of nitrogens with one attached hydrogen (secondary N) is 3. The van der Waals surface area contributed by atoms with Gasteiger partial charge in [0.2, 0.25) is 0 Å². The van der Waals surface area contributed by atoms with Gasteiger partial charge in [0.05, 0.1) is 5.70 Å². The number of ketones is 1. The Labute approximate surface area is 166 Å². The molecule has 28 heavy (non-hydrogen) atoms. The predicted molar refractivity (Wildman–Crippen MR) is 107 cm³/mol. The molecule has 7 heteroatoms. The maximum Gasteiger partial charge on any atom is 0.365 e. The summed E-state index contributed by atoms with van der Waals surface area (Å²) in [7, 11) is 0. The number of guanidine groups is 1. The van der Waals surface area contributed by atoms with Crippen LogP contribution in [-0.4, -0.2) is 16.7 Å². The first-order chi connectivity index (χ1) is 13.7. The van der Waals surface area contributed by atoms with E-state index in [2.05, 4.69) is 26.7 Å². The molecule has 0 fully saturated rings. The van der Waals surface area contributed by atoms with Gasteiger partial charge in [-0.05, 0) is 42.3 Å². The minimum absolute atomic E-state index is 0.204. The molecule has 0 saturated carbocycles. The van der Waals surface area contributed by atoms with Crippen molar-refractivity contribution in [3.05, 3.63) is 70.9 Å². The van der Waals surface area contributed by atoms with Crippen molar-refractivity contribution in [3.63, 3.8) is 0 Å². The lowest BCUT2D eigenvalue weighted by molar-refractivity contribution is -0.522. The van der Waals surface area contributed by atoms with E-state index < -0.39 is 0 Å². The number of oxazole rings is 1. The lowest BCUT2D eigenvalue weighted by Crippen LogP contribution is -2.84. The van der Waals surface area contributed by atoms with Crippen LogP contribution in [0.2, 0.25) is 5.02 Å². The fraction of sp³-hybridized carbons (Fsp3) is 0.190. The van der Waals surface area contributed by atoms with Crippen LogP contribution in [0.25, 0.3) is 11.1 Å². The van der Waals surface area contributed by atoms with Gasteiger partial charge in [-0.3, -0.25) is 9.79 Å². The van der Waals surface area contributed by atoms with E-state index in [1.165, 1.54) is 0 Å². The Hall–Kier alpha value is -3.12. The van der Waals surface area contributed by atoms with Crippen LogP contribution in [0.15, 0.2) is 64.7 Å². The Morgan fingerprint density at radius 2 is 2.00 bits per heavy atom. The highest BCUT2D eigenvalue weighted by molar-refractivity contribution is 6.30. The number of hydrogen-bond acceptors (Lipinski definition) is 5. The number of para-hydroxylation sites is 2. The standard InChI is InChI=1S/C21H17ClN4O2/c22-13-10-8-12(9-11-13)19-18-15(5-3-6-16(18)27)23-20(25-19)26-21-24-14-4-1-2-7-17(14)28-21/h1-2,4-5,7-11,18-19H,3,6H2,(H2,23,24,25,26)/p+1. The van der Waals surface area contributed by atoms with Crippen LogP contribution in [0.5, 0.6) is 0 Å². The number of carbonyl (C=O) groups is 1. The van der Waals surface area contributed by atoms with Crippen molar-refractivity contribution in [2.75, 3.05) is 5.32 Å². The van der Waals surface area contributed by atoms with Crippen molar-refractivity contribution in [2.24, 2.45) is 5.92 Å². The quantitative estimate of drug-likeness (QED) is 0.623. The van der Waals surface area contributed by atoms with Gasteiger partial charge in [0, 0.05) is 11.4 Å². The Bertz CT molecular complexity index is 1080. The highest BCUT2D eigenvalue weighted by atomic mass is 35.5. The summed E-state index contributed by atoms with van der Waals surface area (Å²) < 4.78 is 5.76. The maximum absolute atomic E-state index is 12.7. The number of rotatable bonds is 2. The third-order valence-corrected chi connectivity index (χ3v) is 5.35. The second-order valence-corrected chi connectivity index (χ2v) is 7.36. The molecule has 2 unspecified atom stereocenters. The van der Waals surface area contributed by atoms with Crippen LogP contribution in [0.3, 0.4) is 0 Å². The first kappa shape index (κ1) is 17.0. The number of anilines is 1. The van der Waals surface area contributed by atoms with Crippen LogP contribution < -0.4 is 15.6 Å². The van der Waals surface area contributed by atoms with Crippen molar-refractivity contribution in [1.82, 2.24) is 10.3 Å². The van der Waals surface area contributed by atoms with Crippen molar-refractivity contribution in [1.29, 1.82) is 0 Å². The number of fused-ring (bicyclic) bond motifs is 2. The number of hydrogen-bond donors (Lipinski definition) is 3. The molecule has 0 bridgehead atoms. The van der Waals surface area contributed by atoms with Crippen LogP contribution >= 0.6 is 11.6 Å². The summed E-state index contributed by atoms with van der Waals surface area (Å²) in [5, 5.41) is 7.13. The molecule has 6 nitrogen and oxygen atoms in total. The third kappa shape index (κ3) is 3.05. The second kappa shape index (κ2) is 6.80. The fourth-order valence-corrected chi connectivity index (χ4v) is 3.91. The summed E-state index contributed by atoms with van der Waals surface area (Å²) in [5.74, 6) is 0.589. The Morgan fingerprint density at radius 1 is 1.18 bits per heavy atom. The van der Waals surface area contributed by atoms with Crippen molar-refractivity contribution < 1.29 is 14.2 Å². The van der Waals surface area contributed by atoms with Gasteiger partial charge in [0.1, 0.15) is 23.3 Å². The van der Waals surface area contributed by atoms with E-state index in [0.29, 0.717) is 29.0 Å². The fourth-order valence-electron chi connectivity index (χ4n) is 3.79. The Morgan fingerprint density at radius 3 is 2.82 bits per heavy atom. The molecule has 2 aliphatic rings. The largest absolute Gasteiger partial charge is 0.412 e. The average molecular weight is 394 g/mol. The van der Waals surface area contributed by atoms with E-state index >= 15 is 0 Å². The number of Topliss-reactive ketones (excluding diaryl/α,β-unsaturated/α-hetero) is 1. The number of halogens is 1. The summed E-state index contributed by atoms with van der Waals surface area (Å²) >= 11 is 6.04. The lowest BCUT2D eigenvalue weighted by Gasteiger charge is -2.30. The molecule has 1 aromatic heterocycles. The van der Waals surface area contributed by atoms with E-state index in [-0.39, 0.29) is 17.7 Å². The van der Waals surface area contributed by atoms with E-state index in [9.17, 15) is 4.79 Å². The van der Waals surface area contributed by atoms with Gasteiger partial charge in [-0.2, -0.15) is 10.3 Å². The highest BCUT2D eigenvalue weighted by Gasteiger charge is 2.41. The van der Waals surface area contributed by atoms with Crippen molar-refractivity contribution in [3.8, 4) is 0 Å². The van der Waals surface area contributed by atoms with Gasteiger partial charge >= 0.3 is 12.0 Å². The number of carbonyl (C=O) groups excluding carboxylic acids is 1. The number of benzene rings is 2. The zero-order valence-electron chi connectivity index (χ0n) is 14.9. The summed E-state index contributed by atoms with van der Waals surface area (Å²) in [5.41, 5.74) is 3.38. The molecule has 5 rings (SSSR count). The van der Waals surface area contributed by atoms with Gasteiger partial charge in [-0.15, -0.1) is 0 Å². The van der Waals surface area contributed by atoms with Crippen LogP contribution in [-0.2, 0) is 4.79 Å². The molecule has 3 aromatic rings. The Kier molecular flexibility index (Phi) is 4.13. The summed E-state index contributed by atoms with van der Waals surface area (Å²) in [6.45, 7) is 0. The van der Waals surface area contributed by atoms with E-state index in [1.54, 1.807) is 0 Å². The maximum atomic E-state index is 12.7. The molecule has 0 radical (unpaired) electrons. The number of aromatic nitrogens is 1. The monoisotopic (exact) mass is 393 g/mol. The molecule has 140 valence electrons. The predicted octanol–water partition coefficient (Wildman–Crippen LogP) is 2.54. The number of allylic oxidation sites excluding steroid dienone is 1. The highest BCUT2D eigenvalue weighted by Crippen LogP contribution is 2.31. The van der Waals surface area contributed by atoms with Crippen LogP contribution in [0.4, 0.5) is 6.01 Å². The topological polar surface area (TPSA) is 81.1 Å². The van der Waals surface area contributed by atoms with Gasteiger partial charge in [0.15, 0.2) is 5.58 Å². The molecular weight excluding hydrogens is 376 g/mol. The SMILES string of the molecule is O=C1CCC=C2NC(Nc3nc4ccccc4o3)=[NH+]C(c3ccc(Cl)cc3)C12. The summed E-state index contributed by atoms with van der Waals surface area (Å²) in [6, 6.07) is 15.3. The minimum Gasteiger partial charge on any atom is -0.412 e. The van der Waals surface area contributed by atoms with Crippen LogP contribution in [0.1, 0.15) is 24.4 Å². The zero-order valence-corrected chi connectivity index (χ0v) is 15.7. The minimum atomic E-state index is -0.260. The van der Waals surface area contributed by atoms with Gasteiger partial charge in [0.25, 0.3) is 0 Å². The van der Waals surface area contributed by atoms with E-state index in [0.717, 1.165) is 23.2 Å². The van der Waals surface area contributed by atoms with Crippen molar-refractivity contribution in [2.45, 2.75) is 18.9 Å². The summed E-state index contributed by atoms with van der Waals surface area (Å²) in [4.78, 5) is 20.5. The normalized spacial score (nSPS) is 21.5. The second-order valence-electron chi connectivity index (χ2n) is 6.93. The summed E-state index contributed by atoms with van der Waals surface area (Å²) in [6.07, 6.45) is 3.38. The first-order valence-electron chi connectivity index (χ1n) is 9.19. The molecule has 0 spiro atoms. The van der Waals surface area contributed by atoms with E-state index in [1.807, 2.05) is 48.5 Å². The number of nitrogens with zero attached hydrogens (tertiary/aromatic N) is 1. The zero-order chi connectivity index (χ0) is 19.1. The van der Waals surface area contributed by atoms with Gasteiger partial charge in [-0.1, -0.05) is 35.9 Å². The van der Waals surface area contributed by atoms with Crippen LogP contribution in [0, 0.1) is 5.92 Å². The molecule has 3 N–H and O–H groups in total. The molecule has 1 aliphatic heterocycles. The molecule has 1 aliphatic carbocycles. The van der Waals surface area contributed by atoms with Gasteiger partial charge in [-0.25, -0.2) is 5.32 Å². The first-order valence-corrected chi connectivity index (χ1v) is 9.56.